The maximum atomic E-state index is 7.02. The van der Waals surface area contributed by atoms with Crippen LogP contribution in [-0.2, 0) is 0 Å². The number of nitrogens with zero attached hydrogens (tertiary/aromatic N) is 1. The van der Waals surface area contributed by atoms with Crippen molar-refractivity contribution >= 4 is 11.0 Å². The summed E-state index contributed by atoms with van der Waals surface area (Å²) in [7, 11) is 0. The van der Waals surface area contributed by atoms with Crippen LogP contribution in [0.2, 0.25) is 0 Å². The summed E-state index contributed by atoms with van der Waals surface area (Å²) >= 11 is 0. The minimum atomic E-state index is -0.0629. The van der Waals surface area contributed by atoms with E-state index in [9.17, 15) is 0 Å². The molecule has 4 heteroatoms. The summed E-state index contributed by atoms with van der Waals surface area (Å²) in [6.45, 7) is 0. The average molecular weight is 135 g/mol. The van der Waals surface area contributed by atoms with Crippen molar-refractivity contribution in [2.75, 3.05) is 0 Å². The van der Waals surface area contributed by atoms with Gasteiger partial charge in [0.05, 0.1) is 5.52 Å². The Morgan fingerprint density at radius 3 is 3.40 bits per heavy atom. The Morgan fingerprint density at radius 1 is 1.60 bits per heavy atom. The molecule has 2 heterocycles. The molecule has 0 spiro atoms. The quantitative estimate of drug-likeness (QED) is 0.556. The van der Waals surface area contributed by atoms with Gasteiger partial charge in [-0.05, 0) is 6.07 Å². The summed E-state index contributed by atoms with van der Waals surface area (Å²) < 4.78 is 4.72. The molecule has 2 N–H and O–H groups in total. The first kappa shape index (κ1) is 5.22. The molecule has 0 aliphatic rings. The zero-order chi connectivity index (χ0) is 6.97. The molecule has 0 aromatic carbocycles. The number of rotatable bonds is 0. The Balaban J connectivity index is 2.99. The number of nitrogens with one attached hydrogen (secondary N) is 2. The van der Waals surface area contributed by atoms with E-state index in [4.69, 9.17) is 9.83 Å². The van der Waals surface area contributed by atoms with Crippen molar-refractivity contribution in [1.29, 1.82) is 5.41 Å². The Bertz CT molecular complexity index is 400. The van der Waals surface area contributed by atoms with Crippen molar-refractivity contribution in [3.05, 3.63) is 24.2 Å². The molecule has 0 unspecified atom stereocenters. The van der Waals surface area contributed by atoms with Crippen molar-refractivity contribution in [3.8, 4) is 0 Å². The maximum Gasteiger partial charge on any atom is 0.314 e. The largest absolute Gasteiger partial charge is 0.430 e. The molecular formula is C6H5N3O. The van der Waals surface area contributed by atoms with E-state index in [0.717, 1.165) is 11.0 Å². The van der Waals surface area contributed by atoms with Crippen molar-refractivity contribution in [3.63, 3.8) is 0 Å². The highest BCUT2D eigenvalue weighted by atomic mass is 16.3. The van der Waals surface area contributed by atoms with Crippen LogP contribution in [0.1, 0.15) is 0 Å². The van der Waals surface area contributed by atoms with Gasteiger partial charge in [-0.1, -0.05) is 0 Å². The number of hydrogen-bond acceptors (Lipinski definition) is 3. The summed E-state index contributed by atoms with van der Waals surface area (Å²) in [5.41, 5.74) is 1.51. The fourth-order valence-corrected chi connectivity index (χ4v) is 0.816. The molecule has 0 bridgehead atoms. The highest BCUT2D eigenvalue weighted by Crippen LogP contribution is 2.03. The van der Waals surface area contributed by atoms with Crippen LogP contribution in [0.4, 0.5) is 0 Å². The molecule has 2 rings (SSSR count). The topological polar surface area (TPSA) is 65.7 Å². The Kier molecular flexibility index (Phi) is 0.887. The van der Waals surface area contributed by atoms with E-state index in [1.807, 2.05) is 0 Å². The fraction of sp³-hybridized carbons (Fsp3) is 0. The summed E-state index contributed by atoms with van der Waals surface area (Å²) in [5.74, 6) is 0. The molecule has 0 amide bonds. The average Bonchev–Trinajstić information content (AvgIpc) is 2.33. The predicted molar refractivity (Wildman–Crippen MR) is 34.2 cm³/mol. The van der Waals surface area contributed by atoms with Crippen LogP contribution < -0.4 is 5.68 Å². The molecule has 0 aliphatic heterocycles. The smallest absolute Gasteiger partial charge is 0.314 e. The van der Waals surface area contributed by atoms with Gasteiger partial charge in [-0.2, -0.15) is 4.98 Å². The Labute approximate surface area is 56.0 Å². The zero-order valence-electron chi connectivity index (χ0n) is 5.09. The zero-order valence-corrected chi connectivity index (χ0v) is 5.09. The number of fused-ring (bicyclic) bond motifs is 1. The van der Waals surface area contributed by atoms with Gasteiger partial charge in [0.15, 0.2) is 0 Å². The number of aromatic amines is 1. The van der Waals surface area contributed by atoms with Gasteiger partial charge >= 0.3 is 5.68 Å². The maximum absolute atomic E-state index is 7.02. The molecule has 50 valence electrons. The van der Waals surface area contributed by atoms with E-state index >= 15 is 0 Å². The molecule has 10 heavy (non-hydrogen) atoms. The molecule has 0 aliphatic carbocycles. The summed E-state index contributed by atoms with van der Waals surface area (Å²) in [5, 5.41) is 7.02. The highest BCUT2D eigenvalue weighted by molar-refractivity contribution is 5.72. The molecule has 2 aromatic heterocycles. The van der Waals surface area contributed by atoms with Crippen LogP contribution >= 0.6 is 0 Å². The third-order valence-corrected chi connectivity index (χ3v) is 1.27. The van der Waals surface area contributed by atoms with Gasteiger partial charge in [-0.3, -0.25) is 0 Å². The summed E-state index contributed by atoms with van der Waals surface area (Å²) in [6, 6.07) is 1.79. The van der Waals surface area contributed by atoms with Crippen LogP contribution in [0.5, 0.6) is 0 Å². The lowest BCUT2D eigenvalue weighted by Crippen LogP contribution is -2.01. The number of aromatic nitrogens is 2. The van der Waals surface area contributed by atoms with E-state index in [1.165, 1.54) is 6.26 Å². The molecular weight excluding hydrogens is 130 g/mol. The minimum Gasteiger partial charge on any atom is -0.430 e. The van der Waals surface area contributed by atoms with Crippen molar-refractivity contribution < 1.29 is 4.42 Å². The molecule has 0 radical (unpaired) electrons. The molecule has 2 aromatic rings. The molecule has 0 saturated carbocycles. The van der Waals surface area contributed by atoms with Crippen molar-refractivity contribution in [2.45, 2.75) is 0 Å². The number of H-pyrrole nitrogens is 1. The minimum absolute atomic E-state index is 0.0629. The van der Waals surface area contributed by atoms with Crippen LogP contribution in [0.25, 0.3) is 11.0 Å². The lowest BCUT2D eigenvalue weighted by molar-refractivity contribution is 0.466. The first-order valence-electron chi connectivity index (χ1n) is 2.84. The predicted octanol–water partition coefficient (Wildman–Crippen LogP) is 0.635. The molecule has 0 atom stereocenters. The van der Waals surface area contributed by atoms with Crippen LogP contribution in [0, 0.1) is 5.41 Å². The molecule has 0 saturated heterocycles. The van der Waals surface area contributed by atoms with E-state index in [2.05, 4.69) is 9.97 Å². The molecule has 0 fully saturated rings. The van der Waals surface area contributed by atoms with Gasteiger partial charge in [-0.25, -0.2) is 5.41 Å². The van der Waals surface area contributed by atoms with E-state index in [1.54, 1.807) is 12.3 Å². The van der Waals surface area contributed by atoms with E-state index in [-0.39, 0.29) is 5.68 Å². The second kappa shape index (κ2) is 1.70. The fourth-order valence-electron chi connectivity index (χ4n) is 0.816. The summed E-state index contributed by atoms with van der Waals surface area (Å²) in [6.07, 6.45) is 3.23. The SMILES string of the molecule is N=c1nc2cc[nH]c2co1. The monoisotopic (exact) mass is 135 g/mol. The van der Waals surface area contributed by atoms with Crippen LogP contribution in [-0.4, -0.2) is 9.97 Å². The second-order valence-corrected chi connectivity index (χ2v) is 1.93. The first-order valence-corrected chi connectivity index (χ1v) is 2.84. The van der Waals surface area contributed by atoms with Gasteiger partial charge in [0.25, 0.3) is 0 Å². The Hall–Kier alpha value is -1.58. The van der Waals surface area contributed by atoms with Gasteiger partial charge in [0.1, 0.15) is 11.8 Å². The van der Waals surface area contributed by atoms with Crippen molar-refractivity contribution in [2.24, 2.45) is 0 Å². The summed E-state index contributed by atoms with van der Waals surface area (Å²) in [4.78, 5) is 6.71. The van der Waals surface area contributed by atoms with E-state index in [0.29, 0.717) is 0 Å². The third kappa shape index (κ3) is 0.621. The number of hydrogen-bond donors (Lipinski definition) is 2. The molecule has 4 nitrogen and oxygen atoms in total. The van der Waals surface area contributed by atoms with Gasteiger partial charge in [-0.15, -0.1) is 0 Å². The van der Waals surface area contributed by atoms with Gasteiger partial charge in [0, 0.05) is 6.20 Å². The van der Waals surface area contributed by atoms with E-state index < -0.39 is 0 Å². The standard InChI is InChI=1S/C6H5N3O/c7-6-9-4-1-2-8-5(4)3-10-6/h1-3,7-8H. The van der Waals surface area contributed by atoms with Crippen molar-refractivity contribution in [1.82, 2.24) is 9.97 Å². The van der Waals surface area contributed by atoms with Crippen LogP contribution in [0.3, 0.4) is 0 Å². The third-order valence-electron chi connectivity index (χ3n) is 1.27. The lowest BCUT2D eigenvalue weighted by Gasteiger charge is -1.83. The van der Waals surface area contributed by atoms with Gasteiger partial charge in [0.2, 0.25) is 0 Å². The highest BCUT2D eigenvalue weighted by Gasteiger charge is 1.93. The lowest BCUT2D eigenvalue weighted by atomic mass is 10.5. The second-order valence-electron chi connectivity index (χ2n) is 1.93. The normalized spacial score (nSPS) is 10.4. The first-order chi connectivity index (χ1) is 4.86. The van der Waals surface area contributed by atoms with Crippen LogP contribution in [0.15, 0.2) is 22.9 Å². The van der Waals surface area contributed by atoms with Gasteiger partial charge < -0.3 is 9.40 Å². The Morgan fingerprint density at radius 2 is 2.50 bits per heavy atom.